The molecule has 0 unspecified atom stereocenters. The molecule has 0 fully saturated rings. The second-order valence-corrected chi connectivity index (χ2v) is 8.89. The molecular formula is C28H33N3O10. The Morgan fingerprint density at radius 3 is 2.44 bits per heavy atom. The van der Waals surface area contributed by atoms with E-state index in [0.29, 0.717) is 46.9 Å². The van der Waals surface area contributed by atoms with Crippen molar-refractivity contribution < 1.29 is 38.5 Å². The Morgan fingerprint density at radius 1 is 1.05 bits per heavy atom. The van der Waals surface area contributed by atoms with Crippen LogP contribution in [0.4, 0.5) is 5.69 Å². The van der Waals surface area contributed by atoms with Crippen molar-refractivity contribution in [1.82, 2.24) is 5.32 Å². The fourth-order valence-corrected chi connectivity index (χ4v) is 4.60. The van der Waals surface area contributed by atoms with Gasteiger partial charge in [0, 0.05) is 19.0 Å². The Labute approximate surface area is 236 Å². The monoisotopic (exact) mass is 571 g/mol. The van der Waals surface area contributed by atoms with Crippen molar-refractivity contribution in [2.45, 2.75) is 31.7 Å². The van der Waals surface area contributed by atoms with Gasteiger partial charge in [-0.2, -0.15) is 0 Å². The number of aryl methyl sites for hydroxylation is 1. The zero-order chi connectivity index (χ0) is 29.9. The zero-order valence-corrected chi connectivity index (χ0v) is 23.3. The number of benzene rings is 1. The number of methoxy groups -OCH3 is 3. The summed E-state index contributed by atoms with van der Waals surface area (Å²) in [7, 11) is 6.22. The fourth-order valence-electron chi connectivity index (χ4n) is 4.60. The molecule has 0 radical (unpaired) electrons. The van der Waals surface area contributed by atoms with E-state index in [2.05, 4.69) is 15.5 Å². The molecule has 0 saturated carbocycles. The molecule has 2 aromatic carbocycles. The van der Waals surface area contributed by atoms with E-state index >= 15 is 0 Å². The summed E-state index contributed by atoms with van der Waals surface area (Å²) < 4.78 is 21.9. The Bertz CT molecular complexity index is 1380. The second kappa shape index (κ2) is 14.5. The van der Waals surface area contributed by atoms with Gasteiger partial charge in [0.15, 0.2) is 11.5 Å². The molecule has 0 heterocycles. The number of nitrogens with one attached hydrogen (secondary N) is 2. The highest BCUT2D eigenvalue weighted by atomic mass is 16.9. The van der Waals surface area contributed by atoms with Gasteiger partial charge in [0.05, 0.1) is 39.5 Å². The number of fused-ring (bicyclic) bond motifs is 3. The summed E-state index contributed by atoms with van der Waals surface area (Å²) in [5, 5.41) is 15.1. The second-order valence-electron chi connectivity index (χ2n) is 8.89. The molecule has 1 atom stereocenters. The molecule has 0 saturated heterocycles. The number of carbonyl (C=O) groups is 2. The summed E-state index contributed by atoms with van der Waals surface area (Å²) in [6.07, 6.45) is 3.42. The van der Waals surface area contributed by atoms with Gasteiger partial charge in [-0.25, -0.2) is 0 Å². The van der Waals surface area contributed by atoms with Crippen LogP contribution in [0, 0.1) is 10.1 Å². The molecule has 41 heavy (non-hydrogen) atoms. The highest BCUT2D eigenvalue weighted by molar-refractivity contribution is 5.85. The molecule has 0 bridgehead atoms. The van der Waals surface area contributed by atoms with E-state index in [1.54, 1.807) is 13.1 Å². The van der Waals surface area contributed by atoms with Gasteiger partial charge in [-0.1, -0.05) is 12.1 Å². The first kappa shape index (κ1) is 30.7. The molecular weight excluding hydrogens is 538 g/mol. The number of amides is 1. The van der Waals surface area contributed by atoms with E-state index < -0.39 is 23.0 Å². The minimum Gasteiger partial charge on any atom is -0.493 e. The van der Waals surface area contributed by atoms with Gasteiger partial charge in [0.2, 0.25) is 17.1 Å². The molecule has 13 heteroatoms. The summed E-state index contributed by atoms with van der Waals surface area (Å²) in [6, 6.07) is 6.31. The first-order valence-electron chi connectivity index (χ1n) is 12.8. The topological polar surface area (TPSA) is 165 Å². The van der Waals surface area contributed by atoms with Crippen LogP contribution in [0.25, 0.3) is 11.1 Å². The largest absolute Gasteiger partial charge is 0.493 e. The number of ether oxygens (including phenoxy) is 4. The van der Waals surface area contributed by atoms with Crippen LogP contribution in [0.15, 0.2) is 41.2 Å². The average Bonchev–Trinajstić information content (AvgIpc) is 3.20. The maximum Gasteiger partial charge on any atom is 0.306 e. The quantitative estimate of drug-likeness (QED) is 0.157. The van der Waals surface area contributed by atoms with Gasteiger partial charge in [-0.3, -0.25) is 14.4 Å². The molecule has 1 aliphatic rings. The predicted molar refractivity (Wildman–Crippen MR) is 149 cm³/mol. The summed E-state index contributed by atoms with van der Waals surface area (Å²) >= 11 is 0. The molecule has 0 spiro atoms. The van der Waals surface area contributed by atoms with Crippen molar-refractivity contribution in [1.29, 1.82) is 0 Å². The molecule has 1 amide bonds. The number of hydrogen-bond acceptors (Lipinski definition) is 11. The molecule has 0 aromatic heterocycles. The molecule has 2 N–H and O–H groups in total. The maximum absolute atomic E-state index is 13.0. The summed E-state index contributed by atoms with van der Waals surface area (Å²) in [5.41, 5.74) is 3.03. The third-order valence-electron chi connectivity index (χ3n) is 6.48. The van der Waals surface area contributed by atoms with Gasteiger partial charge >= 0.3 is 5.97 Å². The summed E-state index contributed by atoms with van der Waals surface area (Å²) in [4.78, 5) is 52.2. The van der Waals surface area contributed by atoms with Crippen LogP contribution in [0.5, 0.6) is 17.2 Å². The van der Waals surface area contributed by atoms with Crippen LogP contribution >= 0.6 is 0 Å². The lowest BCUT2D eigenvalue weighted by Gasteiger charge is -2.20. The summed E-state index contributed by atoms with van der Waals surface area (Å²) in [5.74, 6) is 0.342. The van der Waals surface area contributed by atoms with Gasteiger partial charge < -0.3 is 34.4 Å². The number of nitrogens with zero attached hydrogens (tertiary/aromatic N) is 1. The predicted octanol–water partition coefficient (Wildman–Crippen LogP) is 2.97. The van der Waals surface area contributed by atoms with Gasteiger partial charge in [-0.15, -0.1) is 10.1 Å². The van der Waals surface area contributed by atoms with E-state index in [-0.39, 0.29) is 31.5 Å². The Morgan fingerprint density at radius 2 is 1.78 bits per heavy atom. The molecule has 220 valence electrons. The smallest absolute Gasteiger partial charge is 0.306 e. The van der Waals surface area contributed by atoms with Crippen molar-refractivity contribution in [2.24, 2.45) is 0 Å². The maximum atomic E-state index is 13.0. The SMILES string of the molecule is CNc1ccc2c(cc1=O)[C@@H](NC(=O)CCC(=O)OC/C=C/CO[N+](=O)[O-])CCc1cc(OC)c(OC)c(OC)c1-2. The molecule has 13 nitrogen and oxygen atoms in total. The van der Waals surface area contributed by atoms with Gasteiger partial charge in [0.25, 0.3) is 5.09 Å². The molecule has 3 rings (SSSR count). The Hall–Kier alpha value is -4.81. The average molecular weight is 572 g/mol. The lowest BCUT2D eigenvalue weighted by atomic mass is 9.95. The van der Waals surface area contributed by atoms with Crippen LogP contribution in [-0.4, -0.2) is 58.6 Å². The molecule has 1 aliphatic carbocycles. The summed E-state index contributed by atoms with van der Waals surface area (Å²) in [6.45, 7) is -0.370. The molecule has 2 aromatic rings. The van der Waals surface area contributed by atoms with Crippen molar-refractivity contribution >= 4 is 17.6 Å². The normalized spacial score (nSPS) is 13.7. The number of esters is 1. The van der Waals surface area contributed by atoms with Crippen molar-refractivity contribution in [2.75, 3.05) is 46.9 Å². The van der Waals surface area contributed by atoms with Crippen LogP contribution in [0.2, 0.25) is 0 Å². The van der Waals surface area contributed by atoms with Crippen LogP contribution < -0.4 is 30.3 Å². The first-order valence-corrected chi connectivity index (χ1v) is 12.8. The first-order chi connectivity index (χ1) is 19.7. The highest BCUT2D eigenvalue weighted by Gasteiger charge is 2.29. The minimum atomic E-state index is -0.929. The van der Waals surface area contributed by atoms with Crippen molar-refractivity contribution in [3.8, 4) is 28.4 Å². The van der Waals surface area contributed by atoms with E-state index in [4.69, 9.17) is 18.9 Å². The fraction of sp³-hybridized carbons (Fsp3) is 0.393. The highest BCUT2D eigenvalue weighted by Crippen LogP contribution is 2.50. The number of carbonyl (C=O) groups excluding carboxylic acids is 2. The third-order valence-corrected chi connectivity index (χ3v) is 6.48. The van der Waals surface area contributed by atoms with Crippen LogP contribution in [0.3, 0.4) is 0 Å². The van der Waals surface area contributed by atoms with Crippen LogP contribution in [0.1, 0.15) is 36.4 Å². The van der Waals surface area contributed by atoms with Crippen LogP contribution in [-0.2, 0) is 25.6 Å². The van der Waals surface area contributed by atoms with E-state index in [1.807, 2.05) is 12.1 Å². The van der Waals surface area contributed by atoms with Gasteiger partial charge in [-0.05, 0) is 53.8 Å². The number of anilines is 1. The van der Waals surface area contributed by atoms with Crippen molar-refractivity contribution in [3.05, 3.63) is 67.9 Å². The lowest BCUT2D eigenvalue weighted by molar-refractivity contribution is -0.755. The lowest BCUT2D eigenvalue weighted by Crippen LogP contribution is -2.29. The van der Waals surface area contributed by atoms with E-state index in [1.165, 1.54) is 39.5 Å². The minimum absolute atomic E-state index is 0.110. The van der Waals surface area contributed by atoms with E-state index in [0.717, 1.165) is 11.1 Å². The molecule has 0 aliphatic heterocycles. The third kappa shape index (κ3) is 7.65. The van der Waals surface area contributed by atoms with Gasteiger partial charge in [0.1, 0.15) is 13.2 Å². The van der Waals surface area contributed by atoms with Crippen molar-refractivity contribution in [3.63, 3.8) is 0 Å². The zero-order valence-electron chi connectivity index (χ0n) is 23.3. The Kier molecular flexibility index (Phi) is 10.9. The standard InChI is InChI=1S/C28H33N3O10/c1-29-21-10-8-18-19(16-22(21)32)20(9-7-17-15-23(37-2)27(38-3)28(39-4)26(17)18)30-24(33)11-12-25(34)40-13-5-6-14-41-31(35)36/h5-6,8,10,15-16,20H,7,9,11-14H2,1-4H3,(H,29,32)(H,30,33)/b6-5+/t20-/m0/s1. The Balaban J connectivity index is 1.85. The number of hydrogen-bond donors (Lipinski definition) is 2. The number of rotatable bonds is 13. The van der Waals surface area contributed by atoms with E-state index in [9.17, 15) is 24.5 Å².